The van der Waals surface area contributed by atoms with E-state index in [9.17, 15) is 32.0 Å². The Kier molecular flexibility index (Phi) is 7.53. The monoisotopic (exact) mass is 628 g/mol. The highest BCUT2D eigenvalue weighted by atomic mass is 35.5. The minimum atomic E-state index is -4.92. The van der Waals surface area contributed by atoms with Gasteiger partial charge in [-0.05, 0) is 61.4 Å². The molecule has 2 aromatic carbocycles. The summed E-state index contributed by atoms with van der Waals surface area (Å²) in [6, 6.07) is 12.0. The minimum absolute atomic E-state index is 0.0291. The predicted molar refractivity (Wildman–Crippen MR) is 150 cm³/mol. The summed E-state index contributed by atoms with van der Waals surface area (Å²) in [4.78, 5) is 21.7. The van der Waals surface area contributed by atoms with Crippen molar-refractivity contribution in [2.24, 2.45) is 0 Å². The van der Waals surface area contributed by atoms with Crippen molar-refractivity contribution in [3.8, 4) is 28.8 Å². The molecular formula is C31H22ClF5N4O3. The molecule has 226 valence electrons. The number of pyridine rings is 2. The molecule has 1 amide bonds. The fourth-order valence-electron chi connectivity index (χ4n) is 5.00. The third-order valence-electron chi connectivity index (χ3n) is 7.54. The number of rotatable bonds is 8. The van der Waals surface area contributed by atoms with E-state index in [1.165, 1.54) is 30.5 Å². The highest BCUT2D eigenvalue weighted by molar-refractivity contribution is 6.31. The van der Waals surface area contributed by atoms with Crippen molar-refractivity contribution in [3.05, 3.63) is 82.4 Å². The Hall–Kier alpha value is -4.50. The first-order chi connectivity index (χ1) is 21.0. The molecule has 0 bridgehead atoms. The molecule has 1 fully saturated rings. The predicted octanol–water partition coefficient (Wildman–Crippen LogP) is 6.83. The number of carbonyl (C=O) groups excluding carboxylic acids is 1. The van der Waals surface area contributed by atoms with Crippen LogP contribution in [0, 0.1) is 17.1 Å². The molecular weight excluding hydrogens is 607 g/mol. The molecule has 1 aliphatic heterocycles. The number of alkyl halides is 4. The summed E-state index contributed by atoms with van der Waals surface area (Å²) in [6.07, 6.45) is -1.88. The highest BCUT2D eigenvalue weighted by Crippen LogP contribution is 2.47. The normalized spacial score (nSPS) is 18.3. The van der Waals surface area contributed by atoms with E-state index < -0.39 is 54.8 Å². The average molecular weight is 629 g/mol. The van der Waals surface area contributed by atoms with E-state index in [4.69, 9.17) is 21.1 Å². The SMILES string of the molecule is N#CC1(CF)COc2c1cc(C(CNC(=O)c1cc(OC3CC3)c3ncc(Cl)cc3c1)C(F)(F)F)nc2-c1ccc(F)cc1. The molecule has 0 spiro atoms. The third-order valence-corrected chi connectivity index (χ3v) is 7.75. The Labute approximate surface area is 252 Å². The summed E-state index contributed by atoms with van der Waals surface area (Å²) in [6.45, 7) is -2.59. The van der Waals surface area contributed by atoms with Gasteiger partial charge in [-0.15, -0.1) is 0 Å². The molecule has 13 heteroatoms. The Morgan fingerprint density at radius 3 is 2.61 bits per heavy atom. The maximum atomic E-state index is 14.6. The van der Waals surface area contributed by atoms with Crippen LogP contribution in [0.15, 0.2) is 54.7 Å². The van der Waals surface area contributed by atoms with Crippen LogP contribution in [-0.2, 0) is 5.41 Å². The van der Waals surface area contributed by atoms with Gasteiger partial charge in [0.25, 0.3) is 5.91 Å². The number of aromatic nitrogens is 2. The number of nitrogens with zero attached hydrogens (tertiary/aromatic N) is 3. The number of carbonyl (C=O) groups is 1. The van der Waals surface area contributed by atoms with Crippen LogP contribution in [0.5, 0.6) is 11.5 Å². The van der Waals surface area contributed by atoms with Crippen LogP contribution in [0.3, 0.4) is 0 Å². The van der Waals surface area contributed by atoms with Gasteiger partial charge in [0.05, 0.1) is 22.9 Å². The number of hydrogen-bond donors (Lipinski definition) is 1. The van der Waals surface area contributed by atoms with Crippen molar-refractivity contribution >= 4 is 28.4 Å². The number of amides is 1. The van der Waals surface area contributed by atoms with Gasteiger partial charge in [0, 0.05) is 34.8 Å². The lowest BCUT2D eigenvalue weighted by atomic mass is 9.83. The third kappa shape index (κ3) is 5.59. The first-order valence-corrected chi connectivity index (χ1v) is 13.9. The van der Waals surface area contributed by atoms with Crippen LogP contribution in [-0.4, -0.2) is 48.0 Å². The topological polar surface area (TPSA) is 97.1 Å². The van der Waals surface area contributed by atoms with Gasteiger partial charge < -0.3 is 14.8 Å². The second kappa shape index (κ2) is 11.2. The summed E-state index contributed by atoms with van der Waals surface area (Å²) in [5, 5.41) is 12.9. The van der Waals surface area contributed by atoms with E-state index in [0.29, 0.717) is 21.7 Å². The first-order valence-electron chi connectivity index (χ1n) is 13.5. The molecule has 2 atom stereocenters. The Balaban J connectivity index is 1.37. The summed E-state index contributed by atoms with van der Waals surface area (Å²) < 4.78 is 83.0. The Morgan fingerprint density at radius 1 is 1.20 bits per heavy atom. The summed E-state index contributed by atoms with van der Waals surface area (Å²) in [5.74, 6) is -3.52. The van der Waals surface area contributed by atoms with Crippen molar-refractivity contribution in [2.45, 2.75) is 36.5 Å². The van der Waals surface area contributed by atoms with E-state index in [-0.39, 0.29) is 34.2 Å². The molecule has 1 saturated carbocycles. The molecule has 44 heavy (non-hydrogen) atoms. The zero-order valence-electron chi connectivity index (χ0n) is 22.7. The maximum absolute atomic E-state index is 14.6. The quantitative estimate of drug-likeness (QED) is 0.215. The van der Waals surface area contributed by atoms with Crippen molar-refractivity contribution in [3.63, 3.8) is 0 Å². The number of hydrogen-bond acceptors (Lipinski definition) is 6. The number of nitriles is 1. The fraction of sp³-hybridized carbons (Fsp3) is 0.290. The van der Waals surface area contributed by atoms with Crippen LogP contribution in [0.1, 0.15) is 40.4 Å². The lowest BCUT2D eigenvalue weighted by Gasteiger charge is -2.23. The lowest BCUT2D eigenvalue weighted by molar-refractivity contribution is -0.149. The van der Waals surface area contributed by atoms with Gasteiger partial charge in [0.2, 0.25) is 0 Å². The molecule has 2 aliphatic rings. The van der Waals surface area contributed by atoms with Gasteiger partial charge in [0.15, 0.2) is 5.75 Å². The molecule has 2 unspecified atom stereocenters. The number of nitrogens with one attached hydrogen (secondary N) is 1. The summed E-state index contributed by atoms with van der Waals surface area (Å²) in [5.41, 5.74) is -1.95. The fourth-order valence-corrected chi connectivity index (χ4v) is 5.17. The van der Waals surface area contributed by atoms with Crippen LogP contribution >= 0.6 is 11.6 Å². The van der Waals surface area contributed by atoms with Gasteiger partial charge >= 0.3 is 6.18 Å². The molecule has 3 heterocycles. The summed E-state index contributed by atoms with van der Waals surface area (Å²) in [7, 11) is 0. The van der Waals surface area contributed by atoms with Crippen LogP contribution in [0.2, 0.25) is 5.02 Å². The van der Waals surface area contributed by atoms with Crippen molar-refractivity contribution in [1.82, 2.24) is 15.3 Å². The zero-order chi connectivity index (χ0) is 31.2. The molecule has 4 aromatic rings. The van der Waals surface area contributed by atoms with E-state index in [1.54, 1.807) is 6.07 Å². The highest BCUT2D eigenvalue weighted by Gasteiger charge is 2.47. The van der Waals surface area contributed by atoms with Gasteiger partial charge in [-0.2, -0.15) is 18.4 Å². The second-order valence-electron chi connectivity index (χ2n) is 10.7. The van der Waals surface area contributed by atoms with Crippen LogP contribution in [0.4, 0.5) is 22.0 Å². The van der Waals surface area contributed by atoms with E-state index in [0.717, 1.165) is 31.0 Å². The molecule has 2 aromatic heterocycles. The molecule has 1 N–H and O–H groups in total. The molecule has 1 aliphatic carbocycles. The first kappa shape index (κ1) is 29.6. The molecule has 6 rings (SSSR count). The van der Waals surface area contributed by atoms with Gasteiger partial charge in [-0.1, -0.05) is 11.6 Å². The Morgan fingerprint density at radius 2 is 1.95 bits per heavy atom. The minimum Gasteiger partial charge on any atom is -0.489 e. The number of fused-ring (bicyclic) bond motifs is 2. The van der Waals surface area contributed by atoms with E-state index >= 15 is 0 Å². The lowest BCUT2D eigenvalue weighted by Crippen LogP contribution is -2.36. The van der Waals surface area contributed by atoms with Crippen LogP contribution < -0.4 is 14.8 Å². The second-order valence-corrected chi connectivity index (χ2v) is 11.2. The van der Waals surface area contributed by atoms with E-state index in [1.807, 2.05) is 6.07 Å². The largest absolute Gasteiger partial charge is 0.489 e. The van der Waals surface area contributed by atoms with Gasteiger partial charge in [-0.3, -0.25) is 9.78 Å². The zero-order valence-corrected chi connectivity index (χ0v) is 23.5. The maximum Gasteiger partial charge on any atom is 0.398 e. The van der Waals surface area contributed by atoms with Crippen molar-refractivity contribution in [1.29, 1.82) is 5.26 Å². The van der Waals surface area contributed by atoms with Gasteiger partial charge in [-0.25, -0.2) is 13.8 Å². The number of halogens is 6. The van der Waals surface area contributed by atoms with Crippen molar-refractivity contribution in [2.75, 3.05) is 19.8 Å². The average Bonchev–Trinajstić information content (AvgIpc) is 3.74. The summed E-state index contributed by atoms with van der Waals surface area (Å²) >= 11 is 6.08. The Bertz CT molecular complexity index is 1810. The molecule has 0 saturated heterocycles. The van der Waals surface area contributed by atoms with Crippen LogP contribution in [0.25, 0.3) is 22.2 Å². The van der Waals surface area contributed by atoms with E-state index in [2.05, 4.69) is 15.3 Å². The van der Waals surface area contributed by atoms with Crippen molar-refractivity contribution < 1.29 is 36.2 Å². The smallest absolute Gasteiger partial charge is 0.398 e. The standard InChI is InChI=1S/C31H22ClF5N4O3/c32-19-8-17-7-18(9-25(26(17)39-11-19)44-21-5-6-21)29(42)40-12-23(31(35,36)37)24-10-22-28(43-15-30(22,13-33)14-38)27(41-24)16-1-3-20(34)4-2-16/h1-4,7-11,21,23H,5-6,12-13,15H2,(H,40,42). The molecule has 0 radical (unpaired) electrons. The van der Waals surface area contributed by atoms with Gasteiger partial charge in [0.1, 0.15) is 47.4 Å². The molecule has 7 nitrogen and oxygen atoms in total. The number of ether oxygens (including phenoxy) is 2. The number of benzene rings is 2.